The van der Waals surface area contributed by atoms with Gasteiger partial charge in [-0.2, -0.15) is 0 Å². The minimum atomic E-state index is -1.15. The second kappa shape index (κ2) is 8.06. The van der Waals surface area contributed by atoms with Gasteiger partial charge < -0.3 is 9.67 Å². The molecule has 0 aliphatic heterocycles. The lowest BCUT2D eigenvalue weighted by Crippen LogP contribution is -2.30. The van der Waals surface area contributed by atoms with Gasteiger partial charge in [0.05, 0.1) is 10.5 Å². The molecule has 0 bridgehead atoms. The summed E-state index contributed by atoms with van der Waals surface area (Å²) in [4.78, 5) is 35.0. The van der Waals surface area contributed by atoms with E-state index in [1.54, 1.807) is 24.3 Å². The molecule has 7 nitrogen and oxygen atoms in total. The molecule has 0 aliphatic rings. The lowest BCUT2D eigenvalue weighted by atomic mass is 10.0. The van der Waals surface area contributed by atoms with Crippen molar-refractivity contribution in [3.8, 4) is 11.1 Å². The second-order valence-corrected chi connectivity index (χ2v) is 6.56. The van der Waals surface area contributed by atoms with Crippen LogP contribution >= 0.6 is 11.6 Å². The normalized spacial score (nSPS) is 11.8. The molecule has 1 N–H and O–H groups in total. The van der Waals surface area contributed by atoms with Crippen LogP contribution in [0.3, 0.4) is 0 Å². The number of nitrogens with zero attached hydrogens (tertiary/aromatic N) is 2. The number of rotatable bonds is 6. The standard InChI is InChI=1S/C20H15ClN2O5/c21-15-6-7-17(23(27)28)16(12-15)14-8-9-22(19(24)11-14)18(20(25)26)10-13-4-2-1-3-5-13/h1-9,11-12,18H,10H2,(H,25,26). The van der Waals surface area contributed by atoms with Crippen LogP contribution < -0.4 is 5.56 Å². The molecule has 0 spiro atoms. The van der Waals surface area contributed by atoms with Gasteiger partial charge in [0, 0.05) is 29.8 Å². The average Bonchev–Trinajstić information content (AvgIpc) is 2.66. The minimum absolute atomic E-state index is 0.132. The number of benzene rings is 2. The average molecular weight is 399 g/mol. The fraction of sp³-hybridized carbons (Fsp3) is 0.100. The van der Waals surface area contributed by atoms with Crippen LogP contribution in [-0.2, 0) is 11.2 Å². The maximum Gasteiger partial charge on any atom is 0.327 e. The zero-order chi connectivity index (χ0) is 20.3. The van der Waals surface area contributed by atoms with E-state index in [4.69, 9.17) is 11.6 Å². The van der Waals surface area contributed by atoms with Gasteiger partial charge in [-0.1, -0.05) is 41.9 Å². The summed E-state index contributed by atoms with van der Waals surface area (Å²) in [5.41, 5.74) is 0.489. The van der Waals surface area contributed by atoms with Crippen molar-refractivity contribution in [3.05, 3.63) is 97.9 Å². The van der Waals surface area contributed by atoms with Crippen molar-refractivity contribution in [2.75, 3.05) is 0 Å². The van der Waals surface area contributed by atoms with Gasteiger partial charge in [-0.05, 0) is 29.3 Å². The van der Waals surface area contributed by atoms with Gasteiger partial charge in [0.1, 0.15) is 6.04 Å². The predicted molar refractivity (Wildman–Crippen MR) is 105 cm³/mol. The Bertz CT molecular complexity index is 1100. The summed E-state index contributed by atoms with van der Waals surface area (Å²) in [5.74, 6) is -1.15. The van der Waals surface area contributed by atoms with E-state index in [2.05, 4.69) is 0 Å². The van der Waals surface area contributed by atoms with Gasteiger partial charge in [0.15, 0.2) is 0 Å². The van der Waals surface area contributed by atoms with Crippen LogP contribution in [0.25, 0.3) is 11.1 Å². The van der Waals surface area contributed by atoms with Crippen molar-refractivity contribution in [3.63, 3.8) is 0 Å². The van der Waals surface area contributed by atoms with Gasteiger partial charge in [-0.25, -0.2) is 4.79 Å². The van der Waals surface area contributed by atoms with Crippen LogP contribution in [0.2, 0.25) is 5.02 Å². The van der Waals surface area contributed by atoms with E-state index in [-0.39, 0.29) is 22.7 Å². The molecule has 1 atom stereocenters. The Morgan fingerprint density at radius 1 is 1.14 bits per heavy atom. The molecule has 28 heavy (non-hydrogen) atoms. The van der Waals surface area contributed by atoms with E-state index in [0.717, 1.165) is 10.1 Å². The monoisotopic (exact) mass is 398 g/mol. The van der Waals surface area contributed by atoms with Gasteiger partial charge in [-0.3, -0.25) is 14.9 Å². The smallest absolute Gasteiger partial charge is 0.327 e. The Morgan fingerprint density at radius 2 is 1.86 bits per heavy atom. The first-order chi connectivity index (χ1) is 13.4. The maximum absolute atomic E-state index is 12.6. The number of nitro groups is 1. The van der Waals surface area contributed by atoms with Crippen molar-refractivity contribution in [2.24, 2.45) is 0 Å². The van der Waals surface area contributed by atoms with E-state index in [0.29, 0.717) is 5.56 Å². The van der Waals surface area contributed by atoms with Crippen LogP contribution in [-0.4, -0.2) is 20.6 Å². The highest BCUT2D eigenvalue weighted by Gasteiger charge is 2.22. The third kappa shape index (κ3) is 4.10. The van der Waals surface area contributed by atoms with Crippen molar-refractivity contribution in [1.82, 2.24) is 4.57 Å². The summed E-state index contributed by atoms with van der Waals surface area (Å²) in [6, 6.07) is 14.6. The van der Waals surface area contributed by atoms with Gasteiger partial charge in [-0.15, -0.1) is 0 Å². The number of nitro benzene ring substituents is 1. The van der Waals surface area contributed by atoms with Gasteiger partial charge in [0.25, 0.3) is 11.2 Å². The first-order valence-electron chi connectivity index (χ1n) is 8.30. The molecule has 1 heterocycles. The van der Waals surface area contributed by atoms with E-state index in [9.17, 15) is 24.8 Å². The lowest BCUT2D eigenvalue weighted by molar-refractivity contribution is -0.384. The zero-order valence-corrected chi connectivity index (χ0v) is 15.2. The molecule has 3 rings (SSSR count). The summed E-state index contributed by atoms with van der Waals surface area (Å²) in [6.45, 7) is 0. The number of aromatic nitrogens is 1. The minimum Gasteiger partial charge on any atom is -0.480 e. The Hall–Kier alpha value is -3.45. The summed E-state index contributed by atoms with van der Waals surface area (Å²) in [6.07, 6.45) is 1.47. The van der Waals surface area contributed by atoms with Crippen LogP contribution in [0, 0.1) is 10.1 Å². The molecule has 1 unspecified atom stereocenters. The van der Waals surface area contributed by atoms with Gasteiger partial charge in [0.2, 0.25) is 0 Å². The molecule has 0 saturated heterocycles. The topological polar surface area (TPSA) is 102 Å². The SMILES string of the molecule is O=C(O)C(Cc1ccccc1)n1ccc(-c2cc(Cl)ccc2[N+](=O)[O-])cc1=O. The number of carboxylic acid groups (broad SMARTS) is 1. The number of hydrogen-bond donors (Lipinski definition) is 1. The molecule has 0 radical (unpaired) electrons. The molecule has 1 aromatic heterocycles. The first-order valence-corrected chi connectivity index (χ1v) is 8.68. The number of carboxylic acids is 1. The molecule has 8 heteroatoms. The molecule has 142 valence electrons. The third-order valence-electron chi connectivity index (χ3n) is 4.31. The van der Waals surface area contributed by atoms with Crippen molar-refractivity contribution >= 4 is 23.3 Å². The third-order valence-corrected chi connectivity index (χ3v) is 4.54. The predicted octanol–water partition coefficient (Wildman–Crippen LogP) is 3.95. The number of pyridine rings is 1. The highest BCUT2D eigenvalue weighted by Crippen LogP contribution is 2.31. The van der Waals surface area contributed by atoms with Crippen LogP contribution in [0.5, 0.6) is 0 Å². The Kier molecular flexibility index (Phi) is 5.56. The van der Waals surface area contributed by atoms with Crippen molar-refractivity contribution in [2.45, 2.75) is 12.5 Å². The van der Waals surface area contributed by atoms with Crippen molar-refractivity contribution < 1.29 is 14.8 Å². The number of hydrogen-bond acceptors (Lipinski definition) is 4. The summed E-state index contributed by atoms with van der Waals surface area (Å²) in [5, 5.41) is 21.1. The van der Waals surface area contributed by atoms with E-state index >= 15 is 0 Å². The zero-order valence-electron chi connectivity index (χ0n) is 14.5. The number of halogens is 1. The molecule has 0 fully saturated rings. The summed E-state index contributed by atoms with van der Waals surface area (Å²) < 4.78 is 1.11. The Morgan fingerprint density at radius 3 is 2.46 bits per heavy atom. The maximum atomic E-state index is 12.6. The number of carbonyl (C=O) groups is 1. The Labute approximate surface area is 164 Å². The summed E-state index contributed by atoms with van der Waals surface area (Å²) >= 11 is 5.94. The van der Waals surface area contributed by atoms with E-state index in [1.807, 2.05) is 6.07 Å². The molecule has 3 aromatic rings. The van der Waals surface area contributed by atoms with E-state index < -0.39 is 22.5 Å². The van der Waals surface area contributed by atoms with Crippen molar-refractivity contribution in [1.29, 1.82) is 0 Å². The Balaban J connectivity index is 2.03. The van der Waals surface area contributed by atoms with Crippen LogP contribution in [0.15, 0.2) is 71.7 Å². The van der Waals surface area contributed by atoms with E-state index in [1.165, 1.54) is 36.5 Å². The molecule has 0 amide bonds. The fourth-order valence-electron chi connectivity index (χ4n) is 2.96. The molecular weight excluding hydrogens is 384 g/mol. The molecule has 0 saturated carbocycles. The van der Waals surface area contributed by atoms with Crippen LogP contribution in [0.4, 0.5) is 5.69 Å². The molecule has 0 aliphatic carbocycles. The fourth-order valence-corrected chi connectivity index (χ4v) is 3.13. The highest BCUT2D eigenvalue weighted by atomic mass is 35.5. The largest absolute Gasteiger partial charge is 0.480 e. The molecular formula is C20H15ClN2O5. The quantitative estimate of drug-likeness (QED) is 0.500. The second-order valence-electron chi connectivity index (χ2n) is 6.12. The highest BCUT2D eigenvalue weighted by molar-refractivity contribution is 6.31. The molecule has 2 aromatic carbocycles. The first kappa shape index (κ1) is 19.3. The van der Waals surface area contributed by atoms with Gasteiger partial charge >= 0.3 is 5.97 Å². The number of aliphatic carboxylic acids is 1. The van der Waals surface area contributed by atoms with Crippen LogP contribution in [0.1, 0.15) is 11.6 Å². The summed E-state index contributed by atoms with van der Waals surface area (Å²) in [7, 11) is 0. The lowest BCUT2D eigenvalue weighted by Gasteiger charge is -2.16.